The van der Waals surface area contributed by atoms with Crippen LogP contribution in [0.15, 0.2) is 35.9 Å². The lowest BCUT2D eigenvalue weighted by Gasteiger charge is -2.03. The highest BCUT2D eigenvalue weighted by Gasteiger charge is 2.01. The molecule has 0 saturated heterocycles. The first kappa shape index (κ1) is 12.3. The van der Waals surface area contributed by atoms with Gasteiger partial charge in [0.1, 0.15) is 0 Å². The van der Waals surface area contributed by atoms with Gasteiger partial charge in [-0.05, 0) is 31.5 Å². The Balaban J connectivity index is 2.43. The van der Waals surface area contributed by atoms with Crippen molar-refractivity contribution in [2.45, 2.75) is 20.3 Å². The van der Waals surface area contributed by atoms with Gasteiger partial charge in [-0.2, -0.15) is 0 Å². The van der Waals surface area contributed by atoms with Crippen LogP contribution < -0.4 is 11.1 Å². The predicted octanol–water partition coefficient (Wildman–Crippen LogP) is 1.89. The summed E-state index contributed by atoms with van der Waals surface area (Å²) in [5, 5.41) is 2.83. The minimum Gasteiger partial charge on any atom is -0.399 e. The Bertz CT molecular complexity index is 393. The van der Waals surface area contributed by atoms with Crippen molar-refractivity contribution < 1.29 is 4.79 Å². The van der Waals surface area contributed by atoms with Crippen molar-refractivity contribution >= 4 is 11.6 Å². The third-order valence-electron chi connectivity index (χ3n) is 2.13. The van der Waals surface area contributed by atoms with Gasteiger partial charge in [-0.1, -0.05) is 23.8 Å². The molecule has 0 aliphatic carbocycles. The van der Waals surface area contributed by atoms with E-state index in [1.54, 1.807) is 0 Å². The van der Waals surface area contributed by atoms with Crippen LogP contribution in [0.4, 0.5) is 5.69 Å². The fourth-order valence-corrected chi connectivity index (χ4v) is 1.32. The van der Waals surface area contributed by atoms with Crippen LogP contribution in [0.3, 0.4) is 0 Å². The summed E-state index contributed by atoms with van der Waals surface area (Å²) in [5.41, 5.74) is 8.46. The minimum atomic E-state index is 0.0168. The van der Waals surface area contributed by atoms with Crippen molar-refractivity contribution in [3.8, 4) is 0 Å². The predicted molar refractivity (Wildman–Crippen MR) is 67.0 cm³/mol. The maximum atomic E-state index is 11.5. The molecule has 1 aromatic carbocycles. The molecule has 0 unspecified atom stereocenters. The van der Waals surface area contributed by atoms with Crippen LogP contribution in [-0.4, -0.2) is 12.5 Å². The highest BCUT2D eigenvalue weighted by atomic mass is 16.1. The lowest BCUT2D eigenvalue weighted by molar-refractivity contribution is -0.120. The second-order valence-corrected chi connectivity index (χ2v) is 4.01. The number of nitrogens with one attached hydrogen (secondary N) is 1. The molecule has 0 aliphatic heterocycles. The van der Waals surface area contributed by atoms with E-state index in [-0.39, 0.29) is 5.91 Å². The van der Waals surface area contributed by atoms with Gasteiger partial charge in [0.05, 0.1) is 6.42 Å². The zero-order valence-electron chi connectivity index (χ0n) is 9.79. The molecular weight excluding hydrogens is 200 g/mol. The molecule has 0 bridgehead atoms. The zero-order chi connectivity index (χ0) is 12.0. The Morgan fingerprint density at radius 1 is 1.44 bits per heavy atom. The van der Waals surface area contributed by atoms with E-state index >= 15 is 0 Å². The van der Waals surface area contributed by atoms with Gasteiger partial charge in [0, 0.05) is 12.2 Å². The first-order valence-corrected chi connectivity index (χ1v) is 5.32. The molecule has 1 rings (SSSR count). The largest absolute Gasteiger partial charge is 0.399 e. The third kappa shape index (κ3) is 4.64. The van der Waals surface area contributed by atoms with Gasteiger partial charge in [-0.15, -0.1) is 0 Å². The normalized spacial score (nSPS) is 9.62. The molecule has 86 valence electrons. The molecule has 0 aliphatic rings. The van der Waals surface area contributed by atoms with E-state index in [1.807, 2.05) is 44.2 Å². The smallest absolute Gasteiger partial charge is 0.224 e. The quantitative estimate of drug-likeness (QED) is 0.599. The Kier molecular flexibility index (Phi) is 4.58. The van der Waals surface area contributed by atoms with Gasteiger partial charge < -0.3 is 11.1 Å². The van der Waals surface area contributed by atoms with Gasteiger partial charge in [-0.3, -0.25) is 4.79 Å². The number of carbonyl (C=O) groups excluding carboxylic acids is 1. The van der Waals surface area contributed by atoms with Crippen LogP contribution in [0.2, 0.25) is 0 Å². The molecule has 0 radical (unpaired) electrons. The minimum absolute atomic E-state index is 0.0168. The lowest BCUT2D eigenvalue weighted by atomic mass is 10.1. The summed E-state index contributed by atoms with van der Waals surface area (Å²) in [7, 11) is 0. The Hall–Kier alpha value is -1.77. The second-order valence-electron chi connectivity index (χ2n) is 4.01. The van der Waals surface area contributed by atoms with E-state index in [0.717, 1.165) is 5.56 Å². The SMILES string of the molecule is CC(C)=CCNC(=O)Cc1cccc(N)c1. The molecule has 0 heterocycles. The van der Waals surface area contributed by atoms with E-state index in [2.05, 4.69) is 5.32 Å². The van der Waals surface area contributed by atoms with Gasteiger partial charge >= 0.3 is 0 Å². The topological polar surface area (TPSA) is 55.1 Å². The van der Waals surface area contributed by atoms with Crippen molar-refractivity contribution in [3.05, 3.63) is 41.5 Å². The summed E-state index contributed by atoms with van der Waals surface area (Å²) in [5.74, 6) is 0.0168. The molecule has 1 amide bonds. The second kappa shape index (κ2) is 5.95. The molecule has 0 saturated carbocycles. The van der Waals surface area contributed by atoms with Crippen LogP contribution in [0.5, 0.6) is 0 Å². The fraction of sp³-hybridized carbons (Fsp3) is 0.308. The lowest BCUT2D eigenvalue weighted by Crippen LogP contribution is -2.25. The van der Waals surface area contributed by atoms with Gasteiger partial charge in [-0.25, -0.2) is 0 Å². The number of rotatable bonds is 4. The summed E-state index contributed by atoms with van der Waals surface area (Å²) in [6.07, 6.45) is 2.36. The van der Waals surface area contributed by atoms with Crippen LogP contribution in [-0.2, 0) is 11.2 Å². The molecule has 0 aromatic heterocycles. The molecule has 3 N–H and O–H groups in total. The number of amides is 1. The van der Waals surface area contributed by atoms with Crippen molar-refractivity contribution in [1.29, 1.82) is 0 Å². The van der Waals surface area contributed by atoms with Gasteiger partial charge in [0.15, 0.2) is 0 Å². The third-order valence-corrected chi connectivity index (χ3v) is 2.13. The van der Waals surface area contributed by atoms with Crippen molar-refractivity contribution in [3.63, 3.8) is 0 Å². The number of hydrogen-bond acceptors (Lipinski definition) is 2. The molecule has 1 aromatic rings. The Labute approximate surface area is 96.3 Å². The summed E-state index contributed by atoms with van der Waals surface area (Å²) >= 11 is 0. The highest BCUT2D eigenvalue weighted by molar-refractivity contribution is 5.78. The first-order valence-electron chi connectivity index (χ1n) is 5.32. The fourth-order valence-electron chi connectivity index (χ4n) is 1.32. The van der Waals surface area contributed by atoms with E-state index in [1.165, 1.54) is 5.57 Å². The Morgan fingerprint density at radius 3 is 2.81 bits per heavy atom. The molecule has 16 heavy (non-hydrogen) atoms. The average Bonchev–Trinajstić information content (AvgIpc) is 2.16. The summed E-state index contributed by atoms with van der Waals surface area (Å²) in [6.45, 7) is 4.59. The van der Waals surface area contributed by atoms with Crippen LogP contribution in [0.1, 0.15) is 19.4 Å². The maximum absolute atomic E-state index is 11.5. The number of allylic oxidation sites excluding steroid dienone is 1. The van der Waals surface area contributed by atoms with Crippen molar-refractivity contribution in [2.75, 3.05) is 12.3 Å². The Morgan fingerprint density at radius 2 is 2.19 bits per heavy atom. The summed E-state index contributed by atoms with van der Waals surface area (Å²) in [6, 6.07) is 7.38. The van der Waals surface area contributed by atoms with Crippen LogP contribution in [0.25, 0.3) is 0 Å². The number of anilines is 1. The van der Waals surface area contributed by atoms with E-state index in [9.17, 15) is 4.79 Å². The highest BCUT2D eigenvalue weighted by Crippen LogP contribution is 2.06. The average molecular weight is 218 g/mol. The number of nitrogens with two attached hydrogens (primary N) is 1. The van der Waals surface area contributed by atoms with Crippen molar-refractivity contribution in [1.82, 2.24) is 5.32 Å². The molecule has 0 atom stereocenters. The monoisotopic (exact) mass is 218 g/mol. The number of benzene rings is 1. The molecule has 3 heteroatoms. The van der Waals surface area contributed by atoms with Crippen LogP contribution in [0, 0.1) is 0 Å². The van der Waals surface area contributed by atoms with E-state index < -0.39 is 0 Å². The molecule has 0 fully saturated rings. The first-order chi connectivity index (χ1) is 7.58. The summed E-state index contributed by atoms with van der Waals surface area (Å²) in [4.78, 5) is 11.5. The maximum Gasteiger partial charge on any atom is 0.224 e. The summed E-state index contributed by atoms with van der Waals surface area (Å²) < 4.78 is 0. The van der Waals surface area contributed by atoms with E-state index in [4.69, 9.17) is 5.73 Å². The van der Waals surface area contributed by atoms with Gasteiger partial charge in [0.25, 0.3) is 0 Å². The molecular formula is C13H18N2O. The number of hydrogen-bond donors (Lipinski definition) is 2. The zero-order valence-corrected chi connectivity index (χ0v) is 9.79. The van der Waals surface area contributed by atoms with Crippen molar-refractivity contribution in [2.24, 2.45) is 0 Å². The van der Waals surface area contributed by atoms with Gasteiger partial charge in [0.2, 0.25) is 5.91 Å². The number of carbonyl (C=O) groups is 1. The standard InChI is InChI=1S/C13H18N2O/c1-10(2)6-7-15-13(16)9-11-4-3-5-12(14)8-11/h3-6,8H,7,9,14H2,1-2H3,(H,15,16). The number of nitrogen functional groups attached to an aromatic ring is 1. The molecule has 0 spiro atoms. The molecule has 3 nitrogen and oxygen atoms in total. The van der Waals surface area contributed by atoms with E-state index in [0.29, 0.717) is 18.7 Å². The van der Waals surface area contributed by atoms with Crippen LogP contribution >= 0.6 is 0 Å².